The van der Waals surface area contributed by atoms with Gasteiger partial charge in [0, 0.05) is 13.2 Å². The summed E-state index contributed by atoms with van der Waals surface area (Å²) in [5, 5.41) is 0. The Balaban J connectivity index is 3.25. The zero-order valence-corrected chi connectivity index (χ0v) is 12.1. The Kier molecular flexibility index (Phi) is 9.02. The molecule has 0 heterocycles. The molecule has 0 aliphatic carbocycles. The maximum absolute atomic E-state index is 5.67. The molecule has 1 unspecified atom stereocenters. The standard InChI is InChI=1S/C15H32O/c1-6-7-8-9-11-16-12-10-14(2)13-15(3,4)5/h14H,6-13H2,1-5H3. The fourth-order valence-corrected chi connectivity index (χ4v) is 2.16. The quantitative estimate of drug-likeness (QED) is 0.502. The van der Waals surface area contributed by atoms with Gasteiger partial charge in [0.2, 0.25) is 0 Å². The highest BCUT2D eigenvalue weighted by atomic mass is 16.5. The molecule has 0 saturated heterocycles. The third kappa shape index (κ3) is 12.0. The first kappa shape index (κ1) is 16.0. The van der Waals surface area contributed by atoms with E-state index < -0.39 is 0 Å². The van der Waals surface area contributed by atoms with E-state index in [1.165, 1.54) is 38.5 Å². The molecule has 0 radical (unpaired) electrons. The third-order valence-electron chi connectivity index (χ3n) is 2.86. The van der Waals surface area contributed by atoms with E-state index in [1.54, 1.807) is 0 Å². The second-order valence-electron chi connectivity index (χ2n) is 6.33. The van der Waals surface area contributed by atoms with Crippen LogP contribution < -0.4 is 0 Å². The van der Waals surface area contributed by atoms with Crippen LogP contribution in [-0.2, 0) is 4.74 Å². The molecule has 0 amide bonds. The smallest absolute Gasteiger partial charge is 0.0468 e. The molecule has 0 saturated carbocycles. The van der Waals surface area contributed by atoms with Crippen molar-refractivity contribution >= 4 is 0 Å². The van der Waals surface area contributed by atoms with Gasteiger partial charge in [0.25, 0.3) is 0 Å². The SMILES string of the molecule is CCCCCCOCCC(C)CC(C)(C)C. The number of hydrogen-bond donors (Lipinski definition) is 0. The minimum atomic E-state index is 0.459. The van der Waals surface area contributed by atoms with Crippen LogP contribution in [0.3, 0.4) is 0 Å². The molecule has 0 N–H and O–H groups in total. The first-order chi connectivity index (χ1) is 7.45. The molecule has 1 atom stereocenters. The van der Waals surface area contributed by atoms with Gasteiger partial charge in [-0.25, -0.2) is 0 Å². The summed E-state index contributed by atoms with van der Waals surface area (Å²) >= 11 is 0. The molecule has 0 spiro atoms. The Morgan fingerprint density at radius 2 is 1.69 bits per heavy atom. The van der Waals surface area contributed by atoms with E-state index >= 15 is 0 Å². The summed E-state index contributed by atoms with van der Waals surface area (Å²) in [7, 11) is 0. The van der Waals surface area contributed by atoms with E-state index in [2.05, 4.69) is 34.6 Å². The topological polar surface area (TPSA) is 9.23 Å². The van der Waals surface area contributed by atoms with Crippen LogP contribution in [0.25, 0.3) is 0 Å². The monoisotopic (exact) mass is 228 g/mol. The van der Waals surface area contributed by atoms with Gasteiger partial charge in [-0.15, -0.1) is 0 Å². The van der Waals surface area contributed by atoms with E-state index in [4.69, 9.17) is 4.74 Å². The highest BCUT2D eigenvalue weighted by Gasteiger charge is 2.14. The molecule has 1 heteroatoms. The first-order valence-corrected chi connectivity index (χ1v) is 7.03. The summed E-state index contributed by atoms with van der Waals surface area (Å²) in [5.41, 5.74) is 0.459. The Bertz CT molecular complexity index is 146. The van der Waals surface area contributed by atoms with Crippen LogP contribution in [0.4, 0.5) is 0 Å². The minimum absolute atomic E-state index is 0.459. The highest BCUT2D eigenvalue weighted by Crippen LogP contribution is 2.25. The largest absolute Gasteiger partial charge is 0.381 e. The zero-order chi connectivity index (χ0) is 12.4. The lowest BCUT2D eigenvalue weighted by Gasteiger charge is -2.23. The van der Waals surface area contributed by atoms with Crippen molar-refractivity contribution in [1.82, 2.24) is 0 Å². The molecular formula is C15H32O. The van der Waals surface area contributed by atoms with Crippen molar-refractivity contribution < 1.29 is 4.74 Å². The lowest BCUT2D eigenvalue weighted by Crippen LogP contribution is -2.12. The average molecular weight is 228 g/mol. The van der Waals surface area contributed by atoms with Crippen LogP contribution in [-0.4, -0.2) is 13.2 Å². The second kappa shape index (κ2) is 9.04. The Labute approximate surface area is 103 Å². The summed E-state index contributed by atoms with van der Waals surface area (Å²) in [5.74, 6) is 0.788. The molecule has 0 aromatic heterocycles. The molecule has 0 aliphatic rings. The molecule has 0 rings (SSSR count). The first-order valence-electron chi connectivity index (χ1n) is 7.03. The van der Waals surface area contributed by atoms with Crippen molar-refractivity contribution in [1.29, 1.82) is 0 Å². The van der Waals surface area contributed by atoms with Gasteiger partial charge in [0.1, 0.15) is 0 Å². The van der Waals surface area contributed by atoms with Crippen LogP contribution in [0.15, 0.2) is 0 Å². The predicted molar refractivity (Wildman–Crippen MR) is 72.8 cm³/mol. The molecule has 0 aromatic rings. The summed E-state index contributed by atoms with van der Waals surface area (Å²) in [6.07, 6.45) is 7.74. The Morgan fingerprint density at radius 3 is 2.25 bits per heavy atom. The number of hydrogen-bond acceptors (Lipinski definition) is 1. The van der Waals surface area contributed by atoms with Crippen molar-refractivity contribution in [3.63, 3.8) is 0 Å². The molecular weight excluding hydrogens is 196 g/mol. The van der Waals surface area contributed by atoms with E-state index in [0.29, 0.717) is 5.41 Å². The zero-order valence-electron chi connectivity index (χ0n) is 12.1. The number of rotatable bonds is 9. The van der Waals surface area contributed by atoms with Gasteiger partial charge in [-0.2, -0.15) is 0 Å². The van der Waals surface area contributed by atoms with Crippen molar-refractivity contribution in [3.05, 3.63) is 0 Å². The maximum atomic E-state index is 5.67. The highest BCUT2D eigenvalue weighted by molar-refractivity contribution is 4.66. The second-order valence-corrected chi connectivity index (χ2v) is 6.33. The Hall–Kier alpha value is -0.0400. The van der Waals surface area contributed by atoms with Gasteiger partial charge in [0.15, 0.2) is 0 Å². The minimum Gasteiger partial charge on any atom is -0.381 e. The summed E-state index contributed by atoms with van der Waals surface area (Å²) in [6.45, 7) is 13.4. The molecule has 1 nitrogen and oxygen atoms in total. The molecule has 0 aromatic carbocycles. The van der Waals surface area contributed by atoms with Crippen molar-refractivity contribution in [3.8, 4) is 0 Å². The summed E-state index contributed by atoms with van der Waals surface area (Å²) in [4.78, 5) is 0. The van der Waals surface area contributed by atoms with E-state index in [-0.39, 0.29) is 0 Å². The fourth-order valence-electron chi connectivity index (χ4n) is 2.16. The maximum Gasteiger partial charge on any atom is 0.0468 e. The van der Waals surface area contributed by atoms with Gasteiger partial charge in [0.05, 0.1) is 0 Å². The molecule has 0 aliphatic heterocycles. The Morgan fingerprint density at radius 1 is 1.00 bits per heavy atom. The molecule has 0 bridgehead atoms. The number of ether oxygens (including phenoxy) is 1. The van der Waals surface area contributed by atoms with Crippen LogP contribution in [0, 0.1) is 11.3 Å². The predicted octanol–water partition coefficient (Wildman–Crippen LogP) is 5.05. The summed E-state index contributed by atoms with van der Waals surface area (Å²) in [6, 6.07) is 0. The normalized spacial score (nSPS) is 14.1. The van der Waals surface area contributed by atoms with E-state index in [0.717, 1.165) is 19.1 Å². The van der Waals surface area contributed by atoms with Crippen LogP contribution in [0.5, 0.6) is 0 Å². The van der Waals surface area contributed by atoms with Gasteiger partial charge in [-0.05, 0) is 30.6 Å². The molecule has 0 fully saturated rings. The lowest BCUT2D eigenvalue weighted by atomic mass is 9.84. The van der Waals surface area contributed by atoms with Gasteiger partial charge < -0.3 is 4.74 Å². The molecule has 16 heavy (non-hydrogen) atoms. The van der Waals surface area contributed by atoms with Crippen molar-refractivity contribution in [2.24, 2.45) is 11.3 Å². The summed E-state index contributed by atoms with van der Waals surface area (Å²) < 4.78 is 5.67. The van der Waals surface area contributed by atoms with E-state index in [1.807, 2.05) is 0 Å². The third-order valence-corrected chi connectivity index (χ3v) is 2.86. The van der Waals surface area contributed by atoms with Gasteiger partial charge >= 0.3 is 0 Å². The fraction of sp³-hybridized carbons (Fsp3) is 1.00. The number of unbranched alkanes of at least 4 members (excludes halogenated alkanes) is 3. The van der Waals surface area contributed by atoms with Crippen molar-refractivity contribution in [2.75, 3.05) is 13.2 Å². The van der Waals surface area contributed by atoms with E-state index in [9.17, 15) is 0 Å². The van der Waals surface area contributed by atoms with Crippen LogP contribution in [0.2, 0.25) is 0 Å². The van der Waals surface area contributed by atoms with Gasteiger partial charge in [-0.3, -0.25) is 0 Å². The molecule has 98 valence electrons. The van der Waals surface area contributed by atoms with Crippen molar-refractivity contribution in [2.45, 2.75) is 73.1 Å². The lowest BCUT2D eigenvalue weighted by molar-refractivity contribution is 0.112. The van der Waals surface area contributed by atoms with Crippen LogP contribution >= 0.6 is 0 Å². The van der Waals surface area contributed by atoms with Crippen LogP contribution in [0.1, 0.15) is 73.1 Å². The average Bonchev–Trinajstić information content (AvgIpc) is 2.13. The van der Waals surface area contributed by atoms with Gasteiger partial charge in [-0.1, -0.05) is 53.9 Å².